The number of benzene rings is 1. The normalized spacial score (nSPS) is 11.4. The Bertz CT molecular complexity index is 335. The van der Waals surface area contributed by atoms with Crippen molar-refractivity contribution >= 4 is 23.3 Å². The number of rotatable bonds is 2. The molecule has 0 fully saturated rings. The van der Waals surface area contributed by atoms with Gasteiger partial charge < -0.3 is 15.6 Å². The summed E-state index contributed by atoms with van der Waals surface area (Å²) in [5.41, 5.74) is 5.28. The van der Waals surface area contributed by atoms with Crippen LogP contribution < -0.4 is 15.6 Å². The maximum Gasteiger partial charge on any atom is 0.137 e. The standard InChI is InChI=1S/C8H9ClN2O2/c1-13-7-3-2-5(4-6(7)9)11-8(10)12/h2-4H,1H3,(H3,10,11,12)/p-1. The molecule has 1 aromatic rings. The fraction of sp³-hybridized carbons (Fsp3) is 0.125. The van der Waals surface area contributed by atoms with Crippen LogP contribution in [0.1, 0.15) is 0 Å². The molecule has 0 aliphatic rings. The lowest BCUT2D eigenvalue weighted by atomic mass is 10.3. The molecule has 5 heteroatoms. The van der Waals surface area contributed by atoms with E-state index in [2.05, 4.69) is 4.99 Å². The smallest absolute Gasteiger partial charge is 0.137 e. The van der Waals surface area contributed by atoms with Gasteiger partial charge >= 0.3 is 0 Å². The number of nitrogens with zero attached hydrogens (tertiary/aromatic N) is 1. The number of ether oxygens (including phenoxy) is 1. The third-order valence-electron chi connectivity index (χ3n) is 1.37. The van der Waals surface area contributed by atoms with Crippen LogP contribution in [-0.4, -0.2) is 13.1 Å². The Morgan fingerprint density at radius 3 is 2.77 bits per heavy atom. The molecule has 0 aliphatic heterocycles. The molecule has 0 aliphatic carbocycles. The van der Waals surface area contributed by atoms with Crippen LogP contribution in [0.2, 0.25) is 5.02 Å². The maximum atomic E-state index is 10.4. The average Bonchev–Trinajstić information content (AvgIpc) is 2.03. The molecule has 1 aromatic carbocycles. The van der Waals surface area contributed by atoms with E-state index in [-0.39, 0.29) is 0 Å². The van der Waals surface area contributed by atoms with Crippen molar-refractivity contribution in [3.63, 3.8) is 0 Å². The average molecular weight is 200 g/mol. The third-order valence-corrected chi connectivity index (χ3v) is 1.67. The third kappa shape index (κ3) is 2.52. The van der Waals surface area contributed by atoms with E-state index >= 15 is 0 Å². The molecule has 0 aromatic heterocycles. The number of hydrogen-bond acceptors (Lipinski definition) is 3. The molecule has 0 bridgehead atoms. The van der Waals surface area contributed by atoms with Crippen molar-refractivity contribution in [2.24, 2.45) is 10.7 Å². The Kier molecular flexibility index (Phi) is 2.97. The van der Waals surface area contributed by atoms with E-state index in [4.69, 9.17) is 22.1 Å². The highest BCUT2D eigenvalue weighted by atomic mass is 35.5. The lowest BCUT2D eigenvalue weighted by molar-refractivity contribution is -0.217. The molecule has 0 radical (unpaired) electrons. The van der Waals surface area contributed by atoms with Gasteiger partial charge in [0.2, 0.25) is 0 Å². The molecule has 1 rings (SSSR count). The minimum absolute atomic E-state index is 0.394. The van der Waals surface area contributed by atoms with Gasteiger partial charge in [-0.2, -0.15) is 0 Å². The molecule has 4 nitrogen and oxygen atoms in total. The lowest BCUT2D eigenvalue weighted by Crippen LogP contribution is -2.26. The molecular weight excluding hydrogens is 192 g/mol. The summed E-state index contributed by atoms with van der Waals surface area (Å²) in [6, 6.07) is 3.96. The summed E-state index contributed by atoms with van der Waals surface area (Å²) in [5.74, 6) is 0.532. The molecule has 0 unspecified atom stereocenters. The van der Waals surface area contributed by atoms with Crippen LogP contribution >= 0.6 is 11.6 Å². The first-order chi connectivity index (χ1) is 6.13. The second kappa shape index (κ2) is 4.00. The van der Waals surface area contributed by atoms with E-state index in [0.29, 0.717) is 16.5 Å². The zero-order valence-corrected chi connectivity index (χ0v) is 7.71. The molecule has 0 amide bonds. The molecule has 2 N–H and O–H groups in total. The largest absolute Gasteiger partial charge is 0.846 e. The number of amidine groups is 1. The predicted molar refractivity (Wildman–Crippen MR) is 49.3 cm³/mol. The summed E-state index contributed by atoms with van der Waals surface area (Å²) in [4.78, 5) is 3.49. The molecule has 0 saturated heterocycles. The first-order valence-corrected chi connectivity index (χ1v) is 3.86. The number of nitrogens with two attached hydrogens (primary N) is 1. The van der Waals surface area contributed by atoms with E-state index in [9.17, 15) is 5.11 Å². The van der Waals surface area contributed by atoms with E-state index in [1.54, 1.807) is 12.1 Å². The molecule has 0 atom stereocenters. The summed E-state index contributed by atoms with van der Waals surface area (Å²) >= 11 is 5.78. The van der Waals surface area contributed by atoms with Gasteiger partial charge in [0, 0.05) is 0 Å². The molecule has 13 heavy (non-hydrogen) atoms. The SMILES string of the molecule is COc1ccc(N=C(N)[O-])cc1Cl. The number of halogens is 1. The predicted octanol–water partition coefficient (Wildman–Crippen LogP) is 0.655. The van der Waals surface area contributed by atoms with Gasteiger partial charge in [-0.1, -0.05) is 11.6 Å². The van der Waals surface area contributed by atoms with Crippen molar-refractivity contribution in [2.75, 3.05) is 7.11 Å². The van der Waals surface area contributed by atoms with Crippen LogP contribution in [0.25, 0.3) is 0 Å². The first-order valence-electron chi connectivity index (χ1n) is 3.48. The number of hydrogen-bond donors (Lipinski definition) is 1. The van der Waals surface area contributed by atoms with Gasteiger partial charge in [-0.05, 0) is 18.2 Å². The van der Waals surface area contributed by atoms with Gasteiger partial charge in [0.15, 0.2) is 0 Å². The van der Waals surface area contributed by atoms with Crippen molar-refractivity contribution in [2.45, 2.75) is 0 Å². The van der Waals surface area contributed by atoms with Crippen LogP contribution in [0.5, 0.6) is 5.75 Å². The van der Waals surface area contributed by atoms with Crippen LogP contribution in [0.15, 0.2) is 23.2 Å². The van der Waals surface area contributed by atoms with E-state index in [1.165, 1.54) is 13.2 Å². The summed E-state index contributed by atoms with van der Waals surface area (Å²) < 4.78 is 4.92. The van der Waals surface area contributed by atoms with Crippen molar-refractivity contribution in [1.82, 2.24) is 0 Å². The van der Waals surface area contributed by atoms with Gasteiger partial charge in [-0.15, -0.1) is 0 Å². The van der Waals surface area contributed by atoms with Crippen molar-refractivity contribution < 1.29 is 9.84 Å². The van der Waals surface area contributed by atoms with Gasteiger partial charge in [-0.3, -0.25) is 0 Å². The van der Waals surface area contributed by atoms with Gasteiger partial charge in [-0.25, -0.2) is 4.99 Å². The lowest BCUT2D eigenvalue weighted by Gasteiger charge is -2.05. The maximum absolute atomic E-state index is 10.4. The Labute approximate surface area is 80.6 Å². The summed E-state index contributed by atoms with van der Waals surface area (Å²) in [6.07, 6.45) is 0. The van der Waals surface area contributed by atoms with Gasteiger partial charge in [0.1, 0.15) is 5.75 Å². The quantitative estimate of drug-likeness (QED) is 0.562. The van der Waals surface area contributed by atoms with E-state index in [1.807, 2.05) is 0 Å². The summed E-state index contributed by atoms with van der Waals surface area (Å²) in [5, 5.41) is 10.8. The zero-order valence-electron chi connectivity index (χ0n) is 6.95. The van der Waals surface area contributed by atoms with Crippen LogP contribution in [0.4, 0.5) is 5.69 Å². The summed E-state index contributed by atoms with van der Waals surface area (Å²) in [7, 11) is 1.51. The Morgan fingerprint density at radius 1 is 1.62 bits per heavy atom. The molecule has 70 valence electrons. The summed E-state index contributed by atoms with van der Waals surface area (Å²) in [6.45, 7) is 0. The van der Waals surface area contributed by atoms with E-state index in [0.717, 1.165) is 0 Å². The van der Waals surface area contributed by atoms with Crippen molar-refractivity contribution in [1.29, 1.82) is 0 Å². The Hall–Kier alpha value is -1.42. The monoisotopic (exact) mass is 199 g/mol. The van der Waals surface area contributed by atoms with Gasteiger partial charge in [0.25, 0.3) is 0 Å². The first kappa shape index (κ1) is 9.67. The van der Waals surface area contributed by atoms with Crippen molar-refractivity contribution in [3.8, 4) is 5.75 Å². The minimum atomic E-state index is -0.749. The van der Waals surface area contributed by atoms with Gasteiger partial charge in [0.05, 0.1) is 23.8 Å². The zero-order chi connectivity index (χ0) is 9.84. The van der Waals surface area contributed by atoms with Crippen LogP contribution in [0, 0.1) is 0 Å². The number of methoxy groups -OCH3 is 1. The fourth-order valence-electron chi connectivity index (χ4n) is 0.852. The number of aliphatic imine (C=N–C) groups is 1. The van der Waals surface area contributed by atoms with Crippen molar-refractivity contribution in [3.05, 3.63) is 23.2 Å². The molecule has 0 heterocycles. The molecule has 0 saturated carbocycles. The minimum Gasteiger partial charge on any atom is -0.846 e. The highest BCUT2D eigenvalue weighted by Crippen LogP contribution is 2.28. The highest BCUT2D eigenvalue weighted by molar-refractivity contribution is 6.32. The highest BCUT2D eigenvalue weighted by Gasteiger charge is 1.99. The topological polar surface area (TPSA) is 70.7 Å². The molecule has 0 spiro atoms. The van der Waals surface area contributed by atoms with Crippen LogP contribution in [0.3, 0.4) is 0 Å². The Morgan fingerprint density at radius 2 is 2.31 bits per heavy atom. The second-order valence-electron chi connectivity index (χ2n) is 2.27. The fourth-order valence-corrected chi connectivity index (χ4v) is 1.10. The van der Waals surface area contributed by atoms with E-state index < -0.39 is 6.02 Å². The Balaban J connectivity index is 3.03. The second-order valence-corrected chi connectivity index (χ2v) is 2.68. The molecular formula is C8H8ClN2O2-. The van der Waals surface area contributed by atoms with Crippen LogP contribution in [-0.2, 0) is 0 Å².